The van der Waals surface area contributed by atoms with Gasteiger partial charge in [0.15, 0.2) is 11.5 Å². The van der Waals surface area contributed by atoms with Crippen LogP contribution < -0.4 is 22.1 Å². The molecule has 10 nitrogen and oxygen atoms in total. The Bertz CT molecular complexity index is 1170. The van der Waals surface area contributed by atoms with Gasteiger partial charge in [0.25, 0.3) is 5.91 Å². The number of benzene rings is 1. The molecule has 0 aliphatic heterocycles. The molecule has 0 unspecified atom stereocenters. The summed E-state index contributed by atoms with van der Waals surface area (Å²) >= 11 is 0. The van der Waals surface area contributed by atoms with Crippen LogP contribution in [0.15, 0.2) is 30.6 Å². The summed E-state index contributed by atoms with van der Waals surface area (Å²) < 4.78 is 2.25. The molecule has 2 aromatic heterocycles. The fourth-order valence-electron chi connectivity index (χ4n) is 5.09. The molecule has 2 saturated carbocycles. The van der Waals surface area contributed by atoms with Gasteiger partial charge < -0.3 is 31.8 Å². The SMILES string of the molecule is NC(=O)c1nnc(N[C@@H]2CCCC[C@@H]2N)nc1Nc1ccc2cn(C3CCC(O)CC3)cc2c1. The number of anilines is 3. The van der Waals surface area contributed by atoms with Crippen molar-refractivity contribution in [2.24, 2.45) is 11.5 Å². The van der Waals surface area contributed by atoms with Crippen molar-refractivity contribution in [1.29, 1.82) is 0 Å². The van der Waals surface area contributed by atoms with Crippen LogP contribution in [-0.2, 0) is 0 Å². The van der Waals surface area contributed by atoms with Crippen LogP contribution in [0.4, 0.5) is 17.5 Å². The van der Waals surface area contributed by atoms with Gasteiger partial charge in [0, 0.05) is 41.6 Å². The summed E-state index contributed by atoms with van der Waals surface area (Å²) in [5.74, 6) is -0.119. The smallest absolute Gasteiger partial charge is 0.273 e. The molecule has 2 aliphatic rings. The third-order valence-corrected chi connectivity index (χ3v) is 7.07. The predicted octanol–water partition coefficient (Wildman–Crippen LogP) is 2.83. The molecule has 2 atom stereocenters. The fraction of sp³-hybridized carbons (Fsp3) is 0.500. The first-order chi connectivity index (χ1) is 16.5. The average Bonchev–Trinajstić information content (AvgIpc) is 3.24. The average molecular weight is 465 g/mol. The second-order valence-corrected chi connectivity index (χ2v) is 9.53. The highest BCUT2D eigenvalue weighted by molar-refractivity contribution is 5.96. The van der Waals surface area contributed by atoms with Gasteiger partial charge in [0.05, 0.1) is 6.10 Å². The second-order valence-electron chi connectivity index (χ2n) is 9.53. The van der Waals surface area contributed by atoms with E-state index in [9.17, 15) is 9.90 Å². The number of fused-ring (bicyclic) bond motifs is 1. The second kappa shape index (κ2) is 9.55. The molecular formula is C24H32N8O2. The number of rotatable bonds is 6. The molecule has 1 aromatic carbocycles. The van der Waals surface area contributed by atoms with Crippen LogP contribution in [-0.4, -0.2) is 48.9 Å². The number of primary amides is 1. The van der Waals surface area contributed by atoms with Crippen molar-refractivity contribution in [2.75, 3.05) is 10.6 Å². The first-order valence-corrected chi connectivity index (χ1v) is 12.1. The van der Waals surface area contributed by atoms with Gasteiger partial charge in [-0.15, -0.1) is 10.2 Å². The third-order valence-electron chi connectivity index (χ3n) is 7.07. The molecule has 10 heteroatoms. The van der Waals surface area contributed by atoms with E-state index in [4.69, 9.17) is 11.5 Å². The van der Waals surface area contributed by atoms with Crippen LogP contribution in [0.5, 0.6) is 0 Å². The van der Waals surface area contributed by atoms with Gasteiger partial charge in [-0.1, -0.05) is 18.9 Å². The summed E-state index contributed by atoms with van der Waals surface area (Å²) in [6, 6.07) is 6.49. The van der Waals surface area contributed by atoms with Crippen molar-refractivity contribution in [2.45, 2.75) is 75.6 Å². The van der Waals surface area contributed by atoms with E-state index in [0.29, 0.717) is 12.0 Å². The molecule has 2 aliphatic carbocycles. The van der Waals surface area contributed by atoms with E-state index in [0.717, 1.165) is 67.8 Å². The molecule has 2 heterocycles. The summed E-state index contributed by atoms with van der Waals surface area (Å²) in [5, 5.41) is 26.5. The van der Waals surface area contributed by atoms with Crippen molar-refractivity contribution in [1.82, 2.24) is 19.7 Å². The highest BCUT2D eigenvalue weighted by atomic mass is 16.3. The van der Waals surface area contributed by atoms with Crippen molar-refractivity contribution in [3.8, 4) is 0 Å². The Morgan fingerprint density at radius 3 is 2.56 bits per heavy atom. The number of amides is 1. The molecule has 0 saturated heterocycles. The van der Waals surface area contributed by atoms with Gasteiger partial charge >= 0.3 is 0 Å². The van der Waals surface area contributed by atoms with Gasteiger partial charge in [-0.2, -0.15) is 4.98 Å². The minimum atomic E-state index is -0.699. The number of hydrogen-bond acceptors (Lipinski definition) is 8. The lowest BCUT2D eigenvalue weighted by atomic mass is 9.91. The van der Waals surface area contributed by atoms with Crippen LogP contribution in [0.1, 0.15) is 67.9 Å². The number of nitrogens with one attached hydrogen (secondary N) is 2. The number of aromatic nitrogens is 4. The Hall–Kier alpha value is -3.24. The monoisotopic (exact) mass is 464 g/mol. The Morgan fingerprint density at radius 2 is 1.79 bits per heavy atom. The van der Waals surface area contributed by atoms with E-state index < -0.39 is 5.91 Å². The van der Waals surface area contributed by atoms with Crippen molar-refractivity contribution in [3.05, 3.63) is 36.3 Å². The Kier molecular flexibility index (Phi) is 6.34. The maximum absolute atomic E-state index is 12.0. The van der Waals surface area contributed by atoms with Crippen LogP contribution in [0, 0.1) is 0 Å². The first-order valence-electron chi connectivity index (χ1n) is 12.1. The highest BCUT2D eigenvalue weighted by Gasteiger charge is 2.24. The summed E-state index contributed by atoms with van der Waals surface area (Å²) in [7, 11) is 0. The van der Waals surface area contributed by atoms with Gasteiger partial charge in [-0.05, 0) is 56.0 Å². The zero-order valence-electron chi connectivity index (χ0n) is 19.2. The molecule has 0 radical (unpaired) electrons. The Balaban J connectivity index is 1.37. The molecule has 0 spiro atoms. The number of hydrogen-bond donors (Lipinski definition) is 5. The molecular weight excluding hydrogens is 432 g/mol. The third kappa shape index (κ3) is 4.83. The standard InChI is InChI=1S/C24H32N8O2/c25-19-3-1-2-4-20(19)28-24-29-23(21(22(26)34)30-31-24)27-16-6-5-14-12-32(13-15(14)11-16)17-7-9-18(33)10-8-17/h5-6,11-13,17-20,33H,1-4,7-10,25H2,(H2,26,34)(H2,27,28,29,31)/t17?,18?,19-,20+/m0/s1. The van der Waals surface area contributed by atoms with E-state index in [1.165, 1.54) is 0 Å². The quantitative estimate of drug-likeness (QED) is 0.373. The van der Waals surface area contributed by atoms with Gasteiger partial charge in [0.2, 0.25) is 5.95 Å². The van der Waals surface area contributed by atoms with E-state index in [1.807, 2.05) is 18.2 Å². The maximum Gasteiger partial charge on any atom is 0.273 e. The van der Waals surface area contributed by atoms with E-state index in [2.05, 4.69) is 42.8 Å². The molecule has 1 amide bonds. The molecule has 0 bridgehead atoms. The normalized spacial score (nSPS) is 25.2. The minimum absolute atomic E-state index is 0.0167. The summed E-state index contributed by atoms with van der Waals surface area (Å²) in [6.45, 7) is 0. The van der Waals surface area contributed by atoms with Crippen LogP contribution in [0.2, 0.25) is 0 Å². The highest BCUT2D eigenvalue weighted by Crippen LogP contribution is 2.32. The number of carbonyl (C=O) groups excluding carboxylic acids is 1. The van der Waals surface area contributed by atoms with Gasteiger partial charge in [0.1, 0.15) is 0 Å². The lowest BCUT2D eigenvalue weighted by molar-refractivity contribution is 0.0995. The summed E-state index contributed by atoms with van der Waals surface area (Å²) in [5.41, 5.74) is 12.5. The van der Waals surface area contributed by atoms with Crippen molar-refractivity contribution < 1.29 is 9.90 Å². The molecule has 5 rings (SSSR count). The molecule has 180 valence electrons. The summed E-state index contributed by atoms with van der Waals surface area (Å²) in [4.78, 5) is 16.5. The summed E-state index contributed by atoms with van der Waals surface area (Å²) in [6.07, 6.45) is 11.9. The van der Waals surface area contributed by atoms with E-state index in [1.54, 1.807) is 0 Å². The number of aliphatic hydroxyl groups is 1. The van der Waals surface area contributed by atoms with Crippen molar-refractivity contribution in [3.63, 3.8) is 0 Å². The lowest BCUT2D eigenvalue weighted by Crippen LogP contribution is -2.43. The van der Waals surface area contributed by atoms with Crippen LogP contribution in [0.3, 0.4) is 0 Å². The number of aliphatic hydroxyl groups excluding tert-OH is 1. The van der Waals surface area contributed by atoms with Crippen LogP contribution in [0.25, 0.3) is 10.8 Å². The number of carbonyl (C=O) groups is 1. The number of nitrogens with zero attached hydrogens (tertiary/aromatic N) is 4. The van der Waals surface area contributed by atoms with Crippen molar-refractivity contribution >= 4 is 34.1 Å². The molecule has 2 fully saturated rings. The molecule has 3 aromatic rings. The number of nitrogens with two attached hydrogens (primary N) is 2. The van der Waals surface area contributed by atoms with Crippen LogP contribution >= 0.6 is 0 Å². The zero-order chi connectivity index (χ0) is 23.7. The maximum atomic E-state index is 12.0. The molecule has 7 N–H and O–H groups in total. The first kappa shape index (κ1) is 22.5. The van der Waals surface area contributed by atoms with Gasteiger partial charge in [-0.25, -0.2) is 0 Å². The Labute approximate surface area is 198 Å². The topological polar surface area (TPSA) is 157 Å². The van der Waals surface area contributed by atoms with Gasteiger partial charge in [-0.3, -0.25) is 4.79 Å². The van der Waals surface area contributed by atoms with E-state index in [-0.39, 0.29) is 29.7 Å². The van der Waals surface area contributed by atoms with E-state index >= 15 is 0 Å². The predicted molar refractivity (Wildman–Crippen MR) is 131 cm³/mol. The molecule has 34 heavy (non-hydrogen) atoms. The largest absolute Gasteiger partial charge is 0.393 e. The lowest BCUT2D eigenvalue weighted by Gasteiger charge is -2.29. The Morgan fingerprint density at radius 1 is 1.03 bits per heavy atom. The minimum Gasteiger partial charge on any atom is -0.393 e. The fourth-order valence-corrected chi connectivity index (χ4v) is 5.09. The zero-order valence-corrected chi connectivity index (χ0v) is 19.2.